The minimum Gasteiger partial charge on any atom is -0.489 e. The molecular weight excluding hydrogens is 429 g/mol. The van der Waals surface area contributed by atoms with Crippen molar-refractivity contribution in [2.45, 2.75) is 6.61 Å². The van der Waals surface area contributed by atoms with Crippen molar-refractivity contribution in [1.29, 1.82) is 0 Å². The summed E-state index contributed by atoms with van der Waals surface area (Å²) in [6.07, 6.45) is 1.48. The number of benzene rings is 3. The van der Waals surface area contributed by atoms with Crippen molar-refractivity contribution >= 4 is 41.0 Å². The van der Waals surface area contributed by atoms with Crippen LogP contribution < -0.4 is 10.2 Å². The molecular formula is C21H15Cl2N3O4. The predicted molar refractivity (Wildman–Crippen MR) is 115 cm³/mol. The number of hydrogen-bond donors (Lipinski definition) is 1. The number of carbonyl (C=O) groups is 1. The molecule has 0 saturated heterocycles. The highest BCUT2D eigenvalue weighted by atomic mass is 35.5. The van der Waals surface area contributed by atoms with Gasteiger partial charge in [0.1, 0.15) is 12.4 Å². The number of rotatable bonds is 7. The summed E-state index contributed by atoms with van der Waals surface area (Å²) in [6.45, 7) is 0.300. The number of amides is 1. The van der Waals surface area contributed by atoms with Crippen LogP contribution in [-0.4, -0.2) is 17.0 Å². The highest BCUT2D eigenvalue weighted by Gasteiger charge is 2.08. The predicted octanol–water partition coefficient (Wildman–Crippen LogP) is 5.24. The van der Waals surface area contributed by atoms with E-state index in [0.717, 1.165) is 11.1 Å². The topological polar surface area (TPSA) is 93.8 Å². The van der Waals surface area contributed by atoms with Gasteiger partial charge in [0.05, 0.1) is 11.1 Å². The van der Waals surface area contributed by atoms with Crippen molar-refractivity contribution in [2.75, 3.05) is 0 Å². The minimum atomic E-state index is -0.530. The van der Waals surface area contributed by atoms with Gasteiger partial charge in [-0.25, -0.2) is 5.43 Å². The molecule has 0 aromatic heterocycles. The van der Waals surface area contributed by atoms with Gasteiger partial charge in [0.25, 0.3) is 11.6 Å². The van der Waals surface area contributed by atoms with Crippen LogP contribution in [0.5, 0.6) is 5.75 Å². The van der Waals surface area contributed by atoms with E-state index < -0.39 is 10.8 Å². The standard InChI is InChI=1S/C21H15Cl2N3O4/c22-17-6-3-16(20(23)11-17)13-30-19-9-1-14(2-10-19)12-24-25-21(27)15-4-7-18(8-5-15)26(28)29/h1-12H,13H2,(H,25,27)/b24-12-. The molecule has 1 amide bonds. The van der Waals surface area contributed by atoms with Crippen LogP contribution in [-0.2, 0) is 6.61 Å². The molecule has 1 N–H and O–H groups in total. The number of nitro groups is 1. The molecule has 0 saturated carbocycles. The normalized spacial score (nSPS) is 10.7. The smallest absolute Gasteiger partial charge is 0.271 e. The molecule has 0 aliphatic rings. The van der Waals surface area contributed by atoms with Crippen molar-refractivity contribution in [1.82, 2.24) is 5.43 Å². The highest BCUT2D eigenvalue weighted by Crippen LogP contribution is 2.22. The first-order valence-corrected chi connectivity index (χ1v) is 9.42. The van der Waals surface area contributed by atoms with E-state index >= 15 is 0 Å². The number of halogens is 2. The van der Waals surface area contributed by atoms with Gasteiger partial charge in [-0.05, 0) is 54.1 Å². The number of ether oxygens (including phenoxy) is 1. The lowest BCUT2D eigenvalue weighted by atomic mass is 10.2. The maximum atomic E-state index is 12.0. The van der Waals surface area contributed by atoms with Crippen LogP contribution in [0.25, 0.3) is 0 Å². The summed E-state index contributed by atoms with van der Waals surface area (Å²) in [5.41, 5.74) is 4.12. The zero-order valence-corrected chi connectivity index (χ0v) is 16.9. The summed E-state index contributed by atoms with van der Waals surface area (Å²) in [7, 11) is 0. The van der Waals surface area contributed by atoms with Gasteiger partial charge in [0.2, 0.25) is 0 Å². The maximum Gasteiger partial charge on any atom is 0.271 e. The quantitative estimate of drug-likeness (QED) is 0.306. The molecule has 9 heteroatoms. The lowest BCUT2D eigenvalue weighted by molar-refractivity contribution is -0.384. The first-order chi connectivity index (χ1) is 14.4. The minimum absolute atomic E-state index is 0.0873. The fourth-order valence-corrected chi connectivity index (χ4v) is 2.88. The van der Waals surface area contributed by atoms with Gasteiger partial charge in [-0.2, -0.15) is 5.10 Å². The Morgan fingerprint density at radius 2 is 1.77 bits per heavy atom. The van der Waals surface area contributed by atoms with Crippen LogP contribution in [0.15, 0.2) is 71.8 Å². The second-order valence-corrected chi connectivity index (χ2v) is 6.94. The van der Waals surface area contributed by atoms with Gasteiger partial charge < -0.3 is 4.74 Å². The molecule has 7 nitrogen and oxygen atoms in total. The first-order valence-electron chi connectivity index (χ1n) is 8.67. The Morgan fingerprint density at radius 3 is 2.40 bits per heavy atom. The van der Waals surface area contributed by atoms with Crippen LogP contribution in [0.1, 0.15) is 21.5 Å². The number of hydrogen-bond acceptors (Lipinski definition) is 5. The molecule has 3 aromatic carbocycles. The highest BCUT2D eigenvalue weighted by molar-refractivity contribution is 6.35. The van der Waals surface area contributed by atoms with Gasteiger partial charge in [-0.1, -0.05) is 29.3 Å². The molecule has 0 aliphatic carbocycles. The van der Waals surface area contributed by atoms with Gasteiger partial charge in [-0.3, -0.25) is 14.9 Å². The van der Waals surface area contributed by atoms with Crippen molar-refractivity contribution < 1.29 is 14.5 Å². The molecule has 3 aromatic rings. The summed E-state index contributed by atoms with van der Waals surface area (Å²) < 4.78 is 5.71. The summed E-state index contributed by atoms with van der Waals surface area (Å²) in [4.78, 5) is 22.1. The van der Waals surface area contributed by atoms with E-state index in [1.807, 2.05) is 0 Å². The maximum absolute atomic E-state index is 12.0. The average Bonchev–Trinajstić information content (AvgIpc) is 2.74. The summed E-state index contributed by atoms with van der Waals surface area (Å²) in [5.74, 6) is 0.175. The van der Waals surface area contributed by atoms with Crippen LogP contribution in [0, 0.1) is 10.1 Å². The average molecular weight is 444 g/mol. The van der Waals surface area contributed by atoms with E-state index in [-0.39, 0.29) is 11.3 Å². The van der Waals surface area contributed by atoms with E-state index in [2.05, 4.69) is 10.5 Å². The third-order valence-electron chi connectivity index (χ3n) is 4.01. The van der Waals surface area contributed by atoms with Gasteiger partial charge in [-0.15, -0.1) is 0 Å². The number of nitrogens with zero attached hydrogens (tertiary/aromatic N) is 2. The van der Waals surface area contributed by atoms with Crippen LogP contribution in [0.3, 0.4) is 0 Å². The molecule has 0 heterocycles. The number of nitro benzene ring substituents is 1. The SMILES string of the molecule is O=C(N/N=C\c1ccc(OCc2ccc(Cl)cc2Cl)cc1)c1ccc([N+](=O)[O-])cc1. The second kappa shape index (κ2) is 9.87. The Kier molecular flexibility index (Phi) is 7.00. The number of non-ortho nitro benzene ring substituents is 1. The molecule has 0 unspecified atom stereocenters. The molecule has 3 rings (SSSR count). The van der Waals surface area contributed by atoms with E-state index in [1.54, 1.807) is 42.5 Å². The number of carbonyl (C=O) groups excluding carboxylic acids is 1. The fraction of sp³-hybridized carbons (Fsp3) is 0.0476. The molecule has 0 bridgehead atoms. The molecule has 0 atom stereocenters. The molecule has 30 heavy (non-hydrogen) atoms. The van der Waals surface area contributed by atoms with Gasteiger partial charge >= 0.3 is 0 Å². The van der Waals surface area contributed by atoms with Crippen molar-refractivity contribution in [3.8, 4) is 5.75 Å². The van der Waals surface area contributed by atoms with Crippen molar-refractivity contribution in [3.63, 3.8) is 0 Å². The van der Waals surface area contributed by atoms with E-state index in [4.69, 9.17) is 27.9 Å². The Hall–Kier alpha value is -3.42. The second-order valence-electron chi connectivity index (χ2n) is 6.10. The Labute approximate surface area is 182 Å². The monoisotopic (exact) mass is 443 g/mol. The number of hydrazone groups is 1. The third kappa shape index (κ3) is 5.79. The molecule has 0 spiro atoms. The molecule has 0 radical (unpaired) electrons. The van der Waals surface area contributed by atoms with Crippen LogP contribution >= 0.6 is 23.2 Å². The summed E-state index contributed by atoms with van der Waals surface area (Å²) >= 11 is 12.0. The lowest BCUT2D eigenvalue weighted by Crippen LogP contribution is -2.17. The van der Waals surface area contributed by atoms with E-state index in [0.29, 0.717) is 22.4 Å². The van der Waals surface area contributed by atoms with Crippen molar-refractivity contribution in [3.05, 3.63) is 104 Å². The Bertz CT molecular complexity index is 1080. The zero-order valence-electron chi connectivity index (χ0n) is 15.4. The largest absolute Gasteiger partial charge is 0.489 e. The molecule has 0 fully saturated rings. The van der Waals surface area contributed by atoms with E-state index in [9.17, 15) is 14.9 Å². The summed E-state index contributed by atoms with van der Waals surface area (Å²) in [5, 5.41) is 15.6. The fourth-order valence-electron chi connectivity index (χ4n) is 2.41. The number of nitrogens with one attached hydrogen (secondary N) is 1. The van der Waals surface area contributed by atoms with Crippen LogP contribution in [0.2, 0.25) is 10.0 Å². The Balaban J connectivity index is 1.52. The lowest BCUT2D eigenvalue weighted by Gasteiger charge is -2.08. The zero-order chi connectivity index (χ0) is 21.5. The van der Waals surface area contributed by atoms with Gasteiger partial charge in [0, 0.05) is 33.3 Å². The van der Waals surface area contributed by atoms with Gasteiger partial charge in [0.15, 0.2) is 0 Å². The van der Waals surface area contributed by atoms with Crippen molar-refractivity contribution in [2.24, 2.45) is 5.10 Å². The first kappa shape index (κ1) is 21.3. The molecule has 0 aliphatic heterocycles. The van der Waals surface area contributed by atoms with Crippen LogP contribution in [0.4, 0.5) is 5.69 Å². The third-order valence-corrected chi connectivity index (χ3v) is 4.60. The summed E-state index contributed by atoms with van der Waals surface area (Å²) in [6, 6.07) is 17.5. The Morgan fingerprint density at radius 1 is 1.07 bits per heavy atom. The molecule has 152 valence electrons. The van der Waals surface area contributed by atoms with E-state index in [1.165, 1.54) is 30.5 Å².